The number of hydrogen-bond donors (Lipinski definition) is 1. The van der Waals surface area contributed by atoms with Gasteiger partial charge in [-0.05, 0) is 211 Å². The zero-order valence-corrected chi connectivity index (χ0v) is 82.2. The standard InChI is InChI=1S/C97H108N4O16S6.2Na/c1-11-112-92(102)72-60-68(38-46-82-94(3,4)86-74-30-17-13-26-64(74)34-42-78(86)98(82)50-21-56-120-116-114-104)90(70(62-72)40-48-84-96(7,8)88-76-32-19-15-28-66(76)36-44-80(88)100(84)52-23-58-122(106,107)108)118-54-25-55-119-91-69(39-47-83-95(5,6)87-75-31-18-14-27-65(75)35-43-79(87)99(83)51-22-57-121-117-115-105)61-73(93(103)113-12-2)63-71(91)41-49-85-97(9,10)89-77-33-20-16-29-67(77)37-45-81(89)101(85)53-24-59-123(109,110)111;;/h13-20,26-49,72-73H,11-12,21-25,50-63H2,1-10H3,(H2-2,104,105,106,107,108,109,110,111);;/q;2*+1/p-1. The number of carbonyl (C=O) groups excluding carboxylic acids is 2. The first-order valence-corrected chi connectivity index (χ1v) is 49.2. The Morgan fingerprint density at radius 3 is 1.25 bits per heavy atom. The predicted octanol–water partition coefficient (Wildman–Crippen LogP) is 13.1. The molecule has 2 unspecified atom stereocenters. The summed E-state index contributed by atoms with van der Waals surface area (Å²) in [7, 11) is -8.85. The van der Waals surface area contributed by atoms with Crippen LogP contribution in [0.25, 0.3) is 43.1 Å². The molecule has 0 fully saturated rings. The molecule has 0 amide bonds. The van der Waals surface area contributed by atoms with E-state index in [0.717, 1.165) is 156 Å². The number of thioether (sulfide) groups is 2. The Kier molecular flexibility index (Phi) is 33.0. The summed E-state index contributed by atoms with van der Waals surface area (Å²) < 4.78 is 98.0. The van der Waals surface area contributed by atoms with Crippen LogP contribution in [0.5, 0.6) is 0 Å². The molecule has 0 bridgehead atoms. The van der Waals surface area contributed by atoms with E-state index >= 15 is 0 Å². The zero-order chi connectivity index (χ0) is 87.2. The number of ether oxygens (including phenoxy) is 2. The Morgan fingerprint density at radius 2 is 0.848 bits per heavy atom. The summed E-state index contributed by atoms with van der Waals surface area (Å²) in [5.74, 6) is -0.513. The third kappa shape index (κ3) is 21.3. The number of rotatable bonds is 36. The van der Waals surface area contributed by atoms with Crippen molar-refractivity contribution in [2.75, 3.05) is 83.7 Å². The van der Waals surface area contributed by atoms with Gasteiger partial charge in [0.1, 0.15) is 13.1 Å². The maximum absolute atomic E-state index is 14.7. The van der Waals surface area contributed by atoms with Gasteiger partial charge in [-0.2, -0.15) is 26.2 Å². The normalized spacial score (nSPS) is 19.6. The topological polar surface area (TPSA) is 260 Å². The van der Waals surface area contributed by atoms with Gasteiger partial charge in [0.2, 0.25) is 11.4 Å². The van der Waals surface area contributed by atoms with Crippen LogP contribution in [0.1, 0.15) is 149 Å². The molecule has 125 heavy (non-hydrogen) atoms. The molecule has 2 aliphatic carbocycles. The zero-order valence-electron chi connectivity index (χ0n) is 73.3. The number of allylic oxidation sites excluding steroid dienone is 14. The molecule has 0 spiro atoms. The van der Waals surface area contributed by atoms with Gasteiger partial charge in [-0.1, -0.05) is 161 Å². The van der Waals surface area contributed by atoms with Gasteiger partial charge in [0.15, 0.2) is 11.4 Å². The summed E-state index contributed by atoms with van der Waals surface area (Å²) in [5, 5.41) is 38.2. The molecule has 14 rings (SSSR count). The first kappa shape index (κ1) is 97.6. The molecule has 4 heterocycles. The molecule has 8 aromatic rings. The van der Waals surface area contributed by atoms with E-state index in [1.165, 1.54) is 11.1 Å². The van der Waals surface area contributed by atoms with Crippen LogP contribution < -0.4 is 79.4 Å². The fourth-order valence-corrected chi connectivity index (χ4v) is 23.7. The SMILES string of the molecule is CCOC(=O)C1CC(/C=C/C2=[N+](CCCS(=O)(=O)O)c3ccc4ccccc4c3C2(C)C)=C(SCCCSC2=C(/C=C/C3=[N+](CCCSOO[O-])c4ccc5ccccc5c4C3(C)C)CC(C(=O)OCC)C/C2=C\C=C2\N(CCCS(=O)(=O)[O-])c3ccc4ccccc4c3C2(C)C)C(=C/C=C2/N(CCCSOO[O-])c3ccc4ccccc4c3C2(C)C)/C1.[Na+].[Na+]. The quantitative estimate of drug-likeness (QED) is 0.00559. The van der Waals surface area contributed by atoms with E-state index < -0.39 is 65.2 Å². The molecule has 0 aromatic heterocycles. The maximum Gasteiger partial charge on any atom is 1.00 e. The van der Waals surface area contributed by atoms with Gasteiger partial charge < -0.3 is 34.3 Å². The minimum absolute atomic E-state index is 0. The average molecular weight is 1820 g/mol. The molecule has 0 saturated heterocycles. The number of benzene rings is 8. The number of carbonyl (C=O) groups is 2. The van der Waals surface area contributed by atoms with Crippen LogP contribution in [-0.4, -0.2) is 132 Å². The van der Waals surface area contributed by atoms with E-state index in [9.17, 15) is 46.0 Å². The van der Waals surface area contributed by atoms with Crippen molar-refractivity contribution >= 4 is 157 Å². The van der Waals surface area contributed by atoms with E-state index in [4.69, 9.17) is 18.1 Å². The van der Waals surface area contributed by atoms with Crippen LogP contribution in [0.15, 0.2) is 238 Å². The number of anilines is 2. The molecular weight excluding hydrogens is 1720 g/mol. The van der Waals surface area contributed by atoms with Crippen molar-refractivity contribution in [1.29, 1.82) is 0 Å². The summed E-state index contributed by atoms with van der Waals surface area (Å²) in [6.45, 7) is 23.5. The molecule has 28 heteroatoms. The molecule has 8 aromatic carbocycles. The molecule has 0 saturated carbocycles. The second-order valence-corrected chi connectivity index (χ2v) is 41.0. The van der Waals surface area contributed by atoms with Gasteiger partial charge in [-0.25, -0.2) is 8.42 Å². The van der Waals surface area contributed by atoms with E-state index in [1.807, 2.05) is 44.2 Å². The first-order valence-electron chi connectivity index (χ1n) is 42.2. The number of hydrogen-bond acceptors (Lipinski definition) is 21. The fourth-order valence-electron chi connectivity index (χ4n) is 19.5. The maximum atomic E-state index is 14.7. The van der Waals surface area contributed by atoms with Crippen LogP contribution in [0.3, 0.4) is 0 Å². The van der Waals surface area contributed by atoms with Crippen molar-refractivity contribution in [3.63, 3.8) is 0 Å². The van der Waals surface area contributed by atoms with Crippen molar-refractivity contribution in [3.8, 4) is 0 Å². The molecule has 648 valence electrons. The second-order valence-electron chi connectivity index (χ2n) is 34.1. The first-order chi connectivity index (χ1) is 59.0. The van der Waals surface area contributed by atoms with Crippen molar-refractivity contribution in [1.82, 2.24) is 0 Å². The van der Waals surface area contributed by atoms with Crippen molar-refractivity contribution in [3.05, 3.63) is 260 Å². The van der Waals surface area contributed by atoms with E-state index in [2.05, 4.69) is 248 Å². The Labute approximate surface area is 796 Å². The van der Waals surface area contributed by atoms with Crippen molar-refractivity contribution in [2.24, 2.45) is 11.8 Å². The van der Waals surface area contributed by atoms with Crippen molar-refractivity contribution < 1.29 is 143 Å². The Bertz CT molecular complexity index is 5990. The Hall–Kier alpha value is -6.42. The minimum atomic E-state index is -4.55. The van der Waals surface area contributed by atoms with Crippen LogP contribution in [0, 0.1) is 11.8 Å². The van der Waals surface area contributed by atoms with Crippen LogP contribution in [-0.2, 0) is 79.7 Å². The third-order valence-electron chi connectivity index (χ3n) is 24.8. The number of esters is 2. The smallest absolute Gasteiger partial charge is 0.748 e. The minimum Gasteiger partial charge on any atom is -0.748 e. The van der Waals surface area contributed by atoms with Crippen LogP contribution in [0.2, 0.25) is 0 Å². The van der Waals surface area contributed by atoms with Gasteiger partial charge in [0, 0.05) is 146 Å². The monoisotopic (exact) mass is 1820 g/mol. The molecule has 1 N–H and O–H groups in total. The summed E-state index contributed by atoms with van der Waals surface area (Å²) in [6.07, 6.45) is 21.1. The fraction of sp³-hybridized carbons (Fsp3) is 0.381. The van der Waals surface area contributed by atoms with Crippen LogP contribution >= 0.6 is 47.6 Å². The number of nitrogens with zero attached hydrogens (tertiary/aromatic N) is 4. The average Bonchev–Trinajstić information content (AvgIpc) is 1.59. The number of fused-ring (bicyclic) bond motifs is 12. The van der Waals surface area contributed by atoms with Gasteiger partial charge in [0.25, 0.3) is 10.1 Å². The molecule has 0 radical (unpaired) electrons. The summed E-state index contributed by atoms with van der Waals surface area (Å²) in [4.78, 5) is 35.9. The molecule has 4 aliphatic heterocycles. The Balaban J connectivity index is 0.00000711. The van der Waals surface area contributed by atoms with E-state index in [-0.39, 0.29) is 104 Å². The van der Waals surface area contributed by atoms with Crippen LogP contribution in [0.4, 0.5) is 22.7 Å². The summed E-state index contributed by atoms with van der Waals surface area (Å²) >= 11 is 5.41. The predicted molar refractivity (Wildman–Crippen MR) is 494 cm³/mol. The summed E-state index contributed by atoms with van der Waals surface area (Å²) in [5.41, 5.74) is 13.9. The largest absolute Gasteiger partial charge is 1.00 e. The van der Waals surface area contributed by atoms with E-state index in [0.29, 0.717) is 87.6 Å². The van der Waals surface area contributed by atoms with E-state index in [1.54, 1.807) is 23.5 Å². The Morgan fingerprint density at radius 1 is 0.464 bits per heavy atom. The molecule has 6 aliphatic rings. The second kappa shape index (κ2) is 42.2. The molecular formula is C97H107N4Na2O16S6+. The van der Waals surface area contributed by atoms with Gasteiger partial charge >= 0.3 is 71.1 Å². The van der Waals surface area contributed by atoms with Gasteiger partial charge in [-0.3, -0.25) is 24.2 Å². The van der Waals surface area contributed by atoms with Gasteiger partial charge in [0.05, 0.1) is 51.8 Å². The summed E-state index contributed by atoms with van der Waals surface area (Å²) in [6, 6.07) is 50.4. The van der Waals surface area contributed by atoms with Crippen molar-refractivity contribution in [2.45, 2.75) is 149 Å². The molecule has 2 atom stereocenters. The third-order valence-corrected chi connectivity index (χ3v) is 30.2. The van der Waals surface area contributed by atoms with Gasteiger partial charge in [-0.15, -0.1) is 23.5 Å². The molecule has 20 nitrogen and oxygen atoms in total.